The first-order chi connectivity index (χ1) is 6.16. The van der Waals surface area contributed by atoms with Crippen LogP contribution >= 0.6 is 11.6 Å². The summed E-state index contributed by atoms with van der Waals surface area (Å²) >= 11 is 5.62. The van der Waals surface area contributed by atoms with Crippen LogP contribution < -0.4 is 10.2 Å². The molecule has 1 aliphatic rings. The van der Waals surface area contributed by atoms with Crippen LogP contribution in [0.15, 0.2) is 6.20 Å². The Bertz CT molecular complexity index is 368. The number of hydrogen-bond donors (Lipinski definition) is 1. The van der Waals surface area contributed by atoms with Gasteiger partial charge < -0.3 is 10.2 Å². The first-order valence-electron chi connectivity index (χ1n) is 3.70. The Balaban J connectivity index is 2.49. The van der Waals surface area contributed by atoms with E-state index in [0.717, 1.165) is 0 Å². The average molecular weight is 199 g/mol. The molecule has 68 valence electrons. The standard InChI is InChI=1S/C7H7ClN4O/c1-12-3-5(13)10-4-2-9-7(8)11-6(4)12/h2H,3H2,1H3,(H,10,13). The summed E-state index contributed by atoms with van der Waals surface area (Å²) in [6.45, 7) is 0.292. The molecule has 0 radical (unpaired) electrons. The minimum absolute atomic E-state index is 0.0686. The van der Waals surface area contributed by atoms with Gasteiger partial charge >= 0.3 is 0 Å². The number of fused-ring (bicyclic) bond motifs is 1. The highest BCUT2D eigenvalue weighted by Gasteiger charge is 2.20. The van der Waals surface area contributed by atoms with Crippen molar-refractivity contribution < 1.29 is 4.79 Å². The van der Waals surface area contributed by atoms with Gasteiger partial charge in [0.2, 0.25) is 11.2 Å². The third kappa shape index (κ3) is 1.42. The number of halogens is 1. The van der Waals surface area contributed by atoms with E-state index in [1.165, 1.54) is 6.20 Å². The summed E-state index contributed by atoms with van der Waals surface area (Å²) in [5.74, 6) is 0.584. The van der Waals surface area contributed by atoms with E-state index in [2.05, 4.69) is 15.3 Å². The number of carbonyl (C=O) groups excluding carboxylic acids is 1. The van der Waals surface area contributed by atoms with Gasteiger partial charge in [0.25, 0.3) is 0 Å². The monoisotopic (exact) mass is 198 g/mol. The summed E-state index contributed by atoms with van der Waals surface area (Å²) in [5.41, 5.74) is 0.600. The number of likely N-dealkylation sites (N-methyl/N-ethyl adjacent to an activating group) is 1. The normalized spacial score (nSPS) is 15.2. The molecule has 1 aromatic rings. The van der Waals surface area contributed by atoms with Crippen LogP contribution in [-0.4, -0.2) is 29.5 Å². The molecule has 0 aromatic carbocycles. The summed E-state index contributed by atoms with van der Waals surface area (Å²) in [7, 11) is 1.78. The minimum atomic E-state index is -0.0686. The van der Waals surface area contributed by atoms with Crippen molar-refractivity contribution in [3.05, 3.63) is 11.5 Å². The zero-order chi connectivity index (χ0) is 9.42. The third-order valence-electron chi connectivity index (χ3n) is 1.76. The molecule has 2 rings (SSSR count). The number of amides is 1. The van der Waals surface area contributed by atoms with Crippen LogP contribution in [0.3, 0.4) is 0 Å². The molecule has 1 aliphatic heterocycles. The minimum Gasteiger partial charge on any atom is -0.348 e. The molecule has 0 unspecified atom stereocenters. The molecule has 0 atom stereocenters. The van der Waals surface area contributed by atoms with Gasteiger partial charge in [-0.3, -0.25) is 4.79 Å². The van der Waals surface area contributed by atoms with Crippen molar-refractivity contribution in [2.75, 3.05) is 23.8 Å². The van der Waals surface area contributed by atoms with Gasteiger partial charge in [0.1, 0.15) is 5.69 Å². The number of anilines is 2. The van der Waals surface area contributed by atoms with Crippen molar-refractivity contribution in [3.8, 4) is 0 Å². The second-order valence-electron chi connectivity index (χ2n) is 2.78. The molecule has 0 fully saturated rings. The van der Waals surface area contributed by atoms with Crippen LogP contribution in [0.25, 0.3) is 0 Å². The number of hydrogen-bond acceptors (Lipinski definition) is 4. The molecule has 0 saturated heterocycles. The predicted octanol–water partition coefficient (Wildman–Crippen LogP) is 0.518. The van der Waals surface area contributed by atoms with Crippen LogP contribution in [0.2, 0.25) is 5.28 Å². The van der Waals surface area contributed by atoms with Crippen LogP contribution in [-0.2, 0) is 4.79 Å². The van der Waals surface area contributed by atoms with Gasteiger partial charge in [0.15, 0.2) is 5.82 Å². The van der Waals surface area contributed by atoms with Gasteiger partial charge in [-0.05, 0) is 11.6 Å². The SMILES string of the molecule is CN1CC(=O)Nc2cnc(Cl)nc21. The summed E-state index contributed by atoms with van der Waals surface area (Å²) in [4.78, 5) is 20.6. The Kier molecular flexibility index (Phi) is 1.81. The molecule has 0 bridgehead atoms. The molecule has 13 heavy (non-hydrogen) atoms. The molecule has 0 aliphatic carbocycles. The Morgan fingerprint density at radius 2 is 2.46 bits per heavy atom. The van der Waals surface area contributed by atoms with E-state index in [9.17, 15) is 4.79 Å². The lowest BCUT2D eigenvalue weighted by Gasteiger charge is -2.25. The molecule has 6 heteroatoms. The maximum absolute atomic E-state index is 11.1. The Morgan fingerprint density at radius 3 is 3.23 bits per heavy atom. The molecule has 5 nitrogen and oxygen atoms in total. The van der Waals surface area contributed by atoms with E-state index in [4.69, 9.17) is 11.6 Å². The van der Waals surface area contributed by atoms with Gasteiger partial charge in [0.05, 0.1) is 12.7 Å². The number of carbonyl (C=O) groups is 1. The second kappa shape index (κ2) is 2.85. The van der Waals surface area contributed by atoms with Crippen molar-refractivity contribution in [2.24, 2.45) is 0 Å². The number of rotatable bonds is 0. The van der Waals surface area contributed by atoms with Gasteiger partial charge in [0, 0.05) is 7.05 Å². The fourth-order valence-corrected chi connectivity index (χ4v) is 1.34. The van der Waals surface area contributed by atoms with Crippen LogP contribution in [0.4, 0.5) is 11.5 Å². The zero-order valence-corrected chi connectivity index (χ0v) is 7.67. The van der Waals surface area contributed by atoms with E-state index in [0.29, 0.717) is 18.1 Å². The van der Waals surface area contributed by atoms with Gasteiger partial charge in [-0.15, -0.1) is 0 Å². The van der Waals surface area contributed by atoms with E-state index in [-0.39, 0.29) is 11.2 Å². The smallest absolute Gasteiger partial charge is 0.244 e. The maximum atomic E-state index is 11.1. The van der Waals surface area contributed by atoms with Crippen molar-refractivity contribution in [1.82, 2.24) is 9.97 Å². The zero-order valence-electron chi connectivity index (χ0n) is 6.91. The predicted molar refractivity (Wildman–Crippen MR) is 48.9 cm³/mol. The summed E-state index contributed by atoms with van der Waals surface area (Å²) in [6, 6.07) is 0. The maximum Gasteiger partial charge on any atom is 0.244 e. The molecule has 1 amide bonds. The highest BCUT2D eigenvalue weighted by molar-refractivity contribution is 6.28. The molecule has 0 saturated carbocycles. The first kappa shape index (κ1) is 8.25. The molecule has 0 spiro atoms. The first-order valence-corrected chi connectivity index (χ1v) is 4.08. The van der Waals surface area contributed by atoms with E-state index >= 15 is 0 Å². The lowest BCUT2D eigenvalue weighted by Crippen LogP contribution is -2.36. The van der Waals surface area contributed by atoms with Crippen molar-refractivity contribution >= 4 is 29.0 Å². The Morgan fingerprint density at radius 1 is 1.69 bits per heavy atom. The van der Waals surface area contributed by atoms with Gasteiger partial charge in [-0.2, -0.15) is 4.98 Å². The molecule has 1 N–H and O–H groups in total. The molecule has 2 heterocycles. The summed E-state index contributed by atoms with van der Waals surface area (Å²) in [5, 5.41) is 2.84. The lowest BCUT2D eigenvalue weighted by molar-refractivity contribution is -0.115. The summed E-state index contributed by atoms with van der Waals surface area (Å²) < 4.78 is 0. The Labute approximate surface area is 79.7 Å². The number of nitrogens with zero attached hydrogens (tertiary/aromatic N) is 3. The summed E-state index contributed by atoms with van der Waals surface area (Å²) in [6.07, 6.45) is 1.50. The third-order valence-corrected chi connectivity index (χ3v) is 1.94. The van der Waals surface area contributed by atoms with E-state index in [1.54, 1.807) is 11.9 Å². The molecular weight excluding hydrogens is 192 g/mol. The number of nitrogens with one attached hydrogen (secondary N) is 1. The quantitative estimate of drug-likeness (QED) is 0.618. The van der Waals surface area contributed by atoms with E-state index < -0.39 is 0 Å². The topological polar surface area (TPSA) is 58.1 Å². The van der Waals surface area contributed by atoms with Crippen LogP contribution in [0.1, 0.15) is 0 Å². The van der Waals surface area contributed by atoms with Crippen molar-refractivity contribution in [1.29, 1.82) is 0 Å². The molecule has 1 aromatic heterocycles. The van der Waals surface area contributed by atoms with Gasteiger partial charge in [-0.1, -0.05) is 0 Å². The highest BCUT2D eigenvalue weighted by atomic mass is 35.5. The van der Waals surface area contributed by atoms with Crippen molar-refractivity contribution in [3.63, 3.8) is 0 Å². The van der Waals surface area contributed by atoms with E-state index in [1.807, 2.05) is 0 Å². The average Bonchev–Trinajstić information content (AvgIpc) is 2.06. The second-order valence-corrected chi connectivity index (χ2v) is 3.12. The van der Waals surface area contributed by atoms with Crippen molar-refractivity contribution in [2.45, 2.75) is 0 Å². The Hall–Kier alpha value is -1.36. The fraction of sp³-hybridized carbons (Fsp3) is 0.286. The van der Waals surface area contributed by atoms with Crippen LogP contribution in [0, 0.1) is 0 Å². The highest BCUT2D eigenvalue weighted by Crippen LogP contribution is 2.25. The fourth-order valence-electron chi connectivity index (χ4n) is 1.21. The molecular formula is C7H7ClN4O. The number of aromatic nitrogens is 2. The van der Waals surface area contributed by atoms with Gasteiger partial charge in [-0.25, -0.2) is 4.98 Å². The van der Waals surface area contributed by atoms with Crippen LogP contribution in [0.5, 0.6) is 0 Å². The largest absolute Gasteiger partial charge is 0.348 e. The lowest BCUT2D eigenvalue weighted by atomic mass is 10.3.